The fraction of sp³-hybridized carbons (Fsp3) is 0.474. The highest BCUT2D eigenvalue weighted by atomic mass is 19.4. The van der Waals surface area contributed by atoms with Crippen molar-refractivity contribution in [2.24, 2.45) is 0 Å². The van der Waals surface area contributed by atoms with Crippen LogP contribution in [0, 0.1) is 0 Å². The third-order valence-electron chi connectivity index (χ3n) is 4.60. The van der Waals surface area contributed by atoms with Crippen LogP contribution in [0.3, 0.4) is 0 Å². The molecule has 0 spiro atoms. The summed E-state index contributed by atoms with van der Waals surface area (Å²) in [6.07, 6.45) is -2.42. The van der Waals surface area contributed by atoms with Gasteiger partial charge in [-0.3, -0.25) is 0 Å². The Labute approximate surface area is 150 Å². The number of halogens is 3. The number of hydrogen-bond acceptors (Lipinski definition) is 4. The molecule has 0 radical (unpaired) electrons. The van der Waals surface area contributed by atoms with Gasteiger partial charge in [0.1, 0.15) is 6.29 Å². The van der Waals surface area contributed by atoms with E-state index in [-0.39, 0.29) is 35.0 Å². The van der Waals surface area contributed by atoms with Crippen molar-refractivity contribution in [1.29, 1.82) is 0 Å². The van der Waals surface area contributed by atoms with Gasteiger partial charge in [0.05, 0.1) is 23.2 Å². The molecule has 2 aromatic rings. The largest absolute Gasteiger partial charge is 0.475 e. The summed E-state index contributed by atoms with van der Waals surface area (Å²) >= 11 is 0. The summed E-state index contributed by atoms with van der Waals surface area (Å²) in [5.74, 6) is -0.0483. The van der Waals surface area contributed by atoms with E-state index in [0.717, 1.165) is 18.8 Å². The van der Waals surface area contributed by atoms with E-state index in [1.807, 2.05) is 11.8 Å². The summed E-state index contributed by atoms with van der Waals surface area (Å²) in [6, 6.07) is 5.47. The summed E-state index contributed by atoms with van der Waals surface area (Å²) in [7, 11) is 0. The second-order valence-corrected chi connectivity index (χ2v) is 6.91. The minimum Gasteiger partial charge on any atom is -0.475 e. The first-order valence-electron chi connectivity index (χ1n) is 8.63. The molecule has 26 heavy (non-hydrogen) atoms. The van der Waals surface area contributed by atoms with E-state index < -0.39 is 11.7 Å². The number of alkyl halides is 3. The molecule has 140 valence electrons. The van der Waals surface area contributed by atoms with Gasteiger partial charge in [-0.05, 0) is 51.8 Å². The number of aldehydes is 1. The minimum absolute atomic E-state index is 0.00913. The molecule has 3 rings (SSSR count). The zero-order valence-electron chi connectivity index (χ0n) is 14.9. The number of anilines is 1. The van der Waals surface area contributed by atoms with Crippen molar-refractivity contribution in [3.8, 4) is 5.88 Å². The first kappa shape index (κ1) is 18.5. The van der Waals surface area contributed by atoms with E-state index >= 15 is 0 Å². The molecule has 0 aliphatic carbocycles. The van der Waals surface area contributed by atoms with Gasteiger partial charge in [-0.2, -0.15) is 13.2 Å². The molecule has 1 fully saturated rings. The Balaban J connectivity index is 2.15. The Hall–Kier alpha value is -2.31. The van der Waals surface area contributed by atoms with Gasteiger partial charge in [0.25, 0.3) is 0 Å². The van der Waals surface area contributed by atoms with Crippen molar-refractivity contribution in [3.63, 3.8) is 0 Å². The van der Waals surface area contributed by atoms with Gasteiger partial charge >= 0.3 is 6.18 Å². The Kier molecular flexibility index (Phi) is 4.82. The van der Waals surface area contributed by atoms with Crippen LogP contribution in [0.1, 0.15) is 39.2 Å². The monoisotopic (exact) mass is 366 g/mol. The predicted molar refractivity (Wildman–Crippen MR) is 93.5 cm³/mol. The number of ether oxygens (including phenoxy) is 1. The minimum atomic E-state index is -4.53. The van der Waals surface area contributed by atoms with Crippen LogP contribution in [0.5, 0.6) is 5.88 Å². The van der Waals surface area contributed by atoms with Crippen molar-refractivity contribution in [1.82, 2.24) is 4.98 Å². The van der Waals surface area contributed by atoms with Crippen LogP contribution in [-0.2, 0) is 11.0 Å². The SMILES string of the molecule is CC(C)Oc1cc(C(F)(F)F)c2cc(N3[C@H](C)CC[C@@H]3C=O)ccc2n1. The normalized spacial score (nSPS) is 20.8. The molecule has 0 saturated carbocycles. The molecule has 1 aliphatic rings. The number of carbonyl (C=O) groups is 1. The van der Waals surface area contributed by atoms with E-state index in [1.165, 1.54) is 6.07 Å². The highest BCUT2D eigenvalue weighted by Crippen LogP contribution is 2.39. The number of fused-ring (bicyclic) bond motifs is 1. The highest BCUT2D eigenvalue weighted by molar-refractivity contribution is 5.87. The Bertz CT molecular complexity index is 820. The lowest BCUT2D eigenvalue weighted by Crippen LogP contribution is -2.35. The van der Waals surface area contributed by atoms with Crippen LogP contribution < -0.4 is 9.64 Å². The second-order valence-electron chi connectivity index (χ2n) is 6.91. The Morgan fingerprint density at radius 1 is 1.27 bits per heavy atom. The number of carbonyl (C=O) groups excluding carboxylic acids is 1. The lowest BCUT2D eigenvalue weighted by atomic mass is 10.1. The van der Waals surface area contributed by atoms with Crippen molar-refractivity contribution in [3.05, 3.63) is 29.8 Å². The van der Waals surface area contributed by atoms with Gasteiger partial charge in [-0.25, -0.2) is 4.98 Å². The van der Waals surface area contributed by atoms with Crippen LogP contribution in [0.4, 0.5) is 18.9 Å². The molecule has 0 bridgehead atoms. The molecule has 0 amide bonds. The molecule has 0 unspecified atom stereocenters. The van der Waals surface area contributed by atoms with Crippen molar-refractivity contribution < 1.29 is 22.7 Å². The van der Waals surface area contributed by atoms with Gasteiger partial charge in [0, 0.05) is 23.2 Å². The molecule has 1 aromatic carbocycles. The standard InChI is InChI=1S/C19H21F3N2O2/c1-11(2)26-18-9-16(19(20,21)22)15-8-13(6-7-17(15)23-18)24-12(3)4-5-14(24)10-25/h6-12,14H,4-5H2,1-3H3/t12-,14-/m1/s1. The van der Waals surface area contributed by atoms with Crippen molar-refractivity contribution in [2.45, 2.75) is 58.0 Å². The number of aromatic nitrogens is 1. The molecule has 2 heterocycles. The summed E-state index contributed by atoms with van der Waals surface area (Å²) in [6.45, 7) is 5.43. The maximum absolute atomic E-state index is 13.6. The van der Waals surface area contributed by atoms with Crippen LogP contribution in [0.15, 0.2) is 24.3 Å². The van der Waals surface area contributed by atoms with E-state index in [9.17, 15) is 18.0 Å². The van der Waals surface area contributed by atoms with Crippen LogP contribution in [0.2, 0.25) is 0 Å². The number of rotatable bonds is 4. The number of hydrogen-bond donors (Lipinski definition) is 0. The maximum Gasteiger partial charge on any atom is 0.417 e. The van der Waals surface area contributed by atoms with Gasteiger partial charge < -0.3 is 14.4 Å². The van der Waals surface area contributed by atoms with Gasteiger partial charge in [0.15, 0.2) is 0 Å². The summed E-state index contributed by atoms with van der Waals surface area (Å²) < 4.78 is 46.2. The van der Waals surface area contributed by atoms with Gasteiger partial charge in [0.2, 0.25) is 5.88 Å². The number of nitrogens with zero attached hydrogens (tertiary/aromatic N) is 2. The molecule has 0 N–H and O–H groups in total. The van der Waals surface area contributed by atoms with Crippen LogP contribution in [-0.4, -0.2) is 29.5 Å². The fourth-order valence-corrected chi connectivity index (χ4v) is 3.48. The topological polar surface area (TPSA) is 42.4 Å². The average Bonchev–Trinajstić information content (AvgIpc) is 2.93. The van der Waals surface area contributed by atoms with E-state index in [2.05, 4.69) is 4.98 Å². The third kappa shape index (κ3) is 3.48. The first-order chi connectivity index (χ1) is 12.2. The van der Waals surface area contributed by atoms with Crippen molar-refractivity contribution >= 4 is 22.9 Å². The molecular weight excluding hydrogens is 345 g/mol. The molecule has 4 nitrogen and oxygen atoms in total. The zero-order chi connectivity index (χ0) is 19.1. The summed E-state index contributed by atoms with van der Waals surface area (Å²) in [5, 5.41) is 0.00913. The maximum atomic E-state index is 13.6. The lowest BCUT2D eigenvalue weighted by molar-refractivity contribution is -0.136. The molecule has 1 saturated heterocycles. The van der Waals surface area contributed by atoms with Crippen LogP contribution in [0.25, 0.3) is 10.9 Å². The first-order valence-corrected chi connectivity index (χ1v) is 8.63. The molecule has 2 atom stereocenters. The van der Waals surface area contributed by atoms with Crippen LogP contribution >= 0.6 is 0 Å². The lowest BCUT2D eigenvalue weighted by Gasteiger charge is -2.28. The molecule has 1 aliphatic heterocycles. The highest BCUT2D eigenvalue weighted by Gasteiger charge is 2.35. The predicted octanol–water partition coefficient (Wildman–Crippen LogP) is 4.60. The van der Waals surface area contributed by atoms with Gasteiger partial charge in [-0.1, -0.05) is 0 Å². The zero-order valence-corrected chi connectivity index (χ0v) is 14.9. The van der Waals surface area contributed by atoms with Crippen molar-refractivity contribution in [2.75, 3.05) is 4.90 Å². The summed E-state index contributed by atoms with van der Waals surface area (Å²) in [5.41, 5.74) is 0.0349. The summed E-state index contributed by atoms with van der Waals surface area (Å²) in [4.78, 5) is 17.4. The number of benzene rings is 1. The van der Waals surface area contributed by atoms with E-state index in [0.29, 0.717) is 12.1 Å². The number of pyridine rings is 1. The third-order valence-corrected chi connectivity index (χ3v) is 4.60. The Morgan fingerprint density at radius 3 is 2.62 bits per heavy atom. The smallest absolute Gasteiger partial charge is 0.417 e. The average molecular weight is 366 g/mol. The van der Waals surface area contributed by atoms with Gasteiger partial charge in [-0.15, -0.1) is 0 Å². The molecule has 7 heteroatoms. The Morgan fingerprint density at radius 2 is 2.00 bits per heavy atom. The van der Waals surface area contributed by atoms with E-state index in [4.69, 9.17) is 4.74 Å². The molecule has 1 aromatic heterocycles. The molecular formula is C19H21F3N2O2. The fourth-order valence-electron chi connectivity index (χ4n) is 3.48. The second kappa shape index (κ2) is 6.78. The van der Waals surface area contributed by atoms with E-state index in [1.54, 1.807) is 26.0 Å². The quantitative estimate of drug-likeness (QED) is 0.742.